The van der Waals surface area contributed by atoms with Gasteiger partial charge in [0.2, 0.25) is 5.91 Å². The summed E-state index contributed by atoms with van der Waals surface area (Å²) >= 11 is 1.56. The standard InChI is InChI=1S/C17H24N2O2S/c1-2-10-7-8-12-13(9-10)22-17(14(12)15(18)20)19-16(21)11-5-3-4-6-11/h10-11H,2-9H2,1H3,(H2,18,20)(H,19,21)/t10-/m0/s1. The first-order chi connectivity index (χ1) is 10.6. The fourth-order valence-electron chi connectivity index (χ4n) is 3.75. The molecule has 3 N–H and O–H groups in total. The molecule has 0 radical (unpaired) electrons. The van der Waals surface area contributed by atoms with Crippen molar-refractivity contribution in [2.24, 2.45) is 17.6 Å². The van der Waals surface area contributed by atoms with Crippen molar-refractivity contribution in [3.63, 3.8) is 0 Å². The molecular formula is C17H24N2O2S. The van der Waals surface area contributed by atoms with Crippen LogP contribution in [0.25, 0.3) is 0 Å². The zero-order chi connectivity index (χ0) is 15.7. The molecule has 3 rings (SSSR count). The Morgan fingerprint density at radius 2 is 2.00 bits per heavy atom. The molecule has 120 valence electrons. The molecule has 0 bridgehead atoms. The Morgan fingerprint density at radius 1 is 1.27 bits per heavy atom. The summed E-state index contributed by atoms with van der Waals surface area (Å²) in [7, 11) is 0. The Kier molecular flexibility index (Phi) is 4.52. The van der Waals surface area contributed by atoms with Gasteiger partial charge >= 0.3 is 0 Å². The zero-order valence-corrected chi connectivity index (χ0v) is 13.9. The second kappa shape index (κ2) is 6.41. The average molecular weight is 320 g/mol. The van der Waals surface area contributed by atoms with Gasteiger partial charge in [-0.2, -0.15) is 0 Å². The number of anilines is 1. The molecule has 2 aliphatic carbocycles. The van der Waals surface area contributed by atoms with Crippen LogP contribution in [0.3, 0.4) is 0 Å². The number of nitrogens with one attached hydrogen (secondary N) is 1. The molecule has 2 aliphatic rings. The monoisotopic (exact) mass is 320 g/mol. The first kappa shape index (κ1) is 15.5. The summed E-state index contributed by atoms with van der Waals surface area (Å²) in [6.45, 7) is 2.21. The number of hydrogen-bond acceptors (Lipinski definition) is 3. The highest BCUT2D eigenvalue weighted by Crippen LogP contribution is 2.40. The minimum atomic E-state index is -0.408. The third-order valence-corrected chi connectivity index (χ3v) is 6.32. The maximum absolute atomic E-state index is 12.4. The van der Waals surface area contributed by atoms with E-state index in [4.69, 9.17) is 5.73 Å². The summed E-state index contributed by atoms with van der Waals surface area (Å²) in [5.41, 5.74) is 7.25. The van der Waals surface area contributed by atoms with Gasteiger partial charge in [0.15, 0.2) is 0 Å². The van der Waals surface area contributed by atoms with Crippen LogP contribution in [-0.2, 0) is 17.6 Å². The number of primary amides is 1. The fraction of sp³-hybridized carbons (Fsp3) is 0.647. The lowest BCUT2D eigenvalue weighted by molar-refractivity contribution is -0.119. The minimum Gasteiger partial charge on any atom is -0.365 e. The number of thiophene rings is 1. The van der Waals surface area contributed by atoms with E-state index in [0.29, 0.717) is 16.5 Å². The van der Waals surface area contributed by atoms with Crippen molar-refractivity contribution in [2.75, 3.05) is 5.32 Å². The molecule has 1 fully saturated rings. The zero-order valence-electron chi connectivity index (χ0n) is 13.1. The molecule has 4 nitrogen and oxygen atoms in total. The van der Waals surface area contributed by atoms with E-state index in [1.54, 1.807) is 11.3 Å². The van der Waals surface area contributed by atoms with E-state index in [0.717, 1.165) is 56.9 Å². The van der Waals surface area contributed by atoms with Gasteiger partial charge in [-0.3, -0.25) is 9.59 Å². The normalized spacial score (nSPS) is 21.6. The van der Waals surface area contributed by atoms with Crippen LogP contribution < -0.4 is 11.1 Å². The van der Waals surface area contributed by atoms with Crippen LogP contribution in [0.5, 0.6) is 0 Å². The van der Waals surface area contributed by atoms with Gasteiger partial charge in [-0.1, -0.05) is 26.2 Å². The van der Waals surface area contributed by atoms with Crippen molar-refractivity contribution in [1.82, 2.24) is 0 Å². The predicted octanol–water partition coefficient (Wildman–Crippen LogP) is 3.49. The summed E-state index contributed by atoms with van der Waals surface area (Å²) in [6, 6.07) is 0. The lowest BCUT2D eigenvalue weighted by Gasteiger charge is -2.20. The molecule has 1 aromatic rings. The van der Waals surface area contributed by atoms with Gasteiger partial charge in [0.25, 0.3) is 5.91 Å². The van der Waals surface area contributed by atoms with E-state index in [1.807, 2.05) is 0 Å². The van der Waals surface area contributed by atoms with Gasteiger partial charge in [-0.05, 0) is 43.6 Å². The van der Waals surface area contributed by atoms with Gasteiger partial charge in [-0.25, -0.2) is 0 Å². The first-order valence-electron chi connectivity index (χ1n) is 8.35. The lowest BCUT2D eigenvalue weighted by atomic mass is 9.85. The molecule has 22 heavy (non-hydrogen) atoms. The van der Waals surface area contributed by atoms with Crippen LogP contribution in [0, 0.1) is 11.8 Å². The molecule has 0 spiro atoms. The van der Waals surface area contributed by atoms with Crippen molar-refractivity contribution in [3.8, 4) is 0 Å². The van der Waals surface area contributed by atoms with Gasteiger partial charge in [0.1, 0.15) is 5.00 Å². The molecule has 1 heterocycles. The Bertz CT molecular complexity index is 588. The van der Waals surface area contributed by atoms with Crippen molar-refractivity contribution in [1.29, 1.82) is 0 Å². The number of carbonyl (C=O) groups excluding carboxylic acids is 2. The molecule has 1 saturated carbocycles. The number of amides is 2. The topological polar surface area (TPSA) is 72.2 Å². The molecule has 0 unspecified atom stereocenters. The molecule has 1 atom stereocenters. The quantitative estimate of drug-likeness (QED) is 0.891. The first-order valence-corrected chi connectivity index (χ1v) is 9.17. The number of hydrogen-bond donors (Lipinski definition) is 2. The minimum absolute atomic E-state index is 0.0608. The summed E-state index contributed by atoms with van der Waals surface area (Å²) < 4.78 is 0. The number of fused-ring (bicyclic) bond motifs is 1. The number of nitrogens with two attached hydrogens (primary N) is 1. The van der Waals surface area contributed by atoms with Crippen LogP contribution in [0.1, 0.15) is 66.2 Å². The van der Waals surface area contributed by atoms with Crippen molar-refractivity contribution in [2.45, 2.75) is 58.3 Å². The third-order valence-electron chi connectivity index (χ3n) is 5.15. The van der Waals surface area contributed by atoms with Crippen LogP contribution in [0.4, 0.5) is 5.00 Å². The van der Waals surface area contributed by atoms with E-state index >= 15 is 0 Å². The van der Waals surface area contributed by atoms with Crippen molar-refractivity contribution < 1.29 is 9.59 Å². The number of rotatable bonds is 4. The predicted molar refractivity (Wildman–Crippen MR) is 89.2 cm³/mol. The Balaban J connectivity index is 1.85. The molecular weight excluding hydrogens is 296 g/mol. The molecule has 2 amide bonds. The van der Waals surface area contributed by atoms with Gasteiger partial charge in [0.05, 0.1) is 5.56 Å². The second-order valence-corrected chi connectivity index (χ2v) is 7.67. The maximum Gasteiger partial charge on any atom is 0.251 e. The highest BCUT2D eigenvalue weighted by atomic mass is 32.1. The Morgan fingerprint density at radius 3 is 2.64 bits per heavy atom. The van der Waals surface area contributed by atoms with Gasteiger partial charge in [-0.15, -0.1) is 11.3 Å². The van der Waals surface area contributed by atoms with E-state index in [2.05, 4.69) is 12.2 Å². The second-order valence-electron chi connectivity index (χ2n) is 6.56. The lowest BCUT2D eigenvalue weighted by Crippen LogP contribution is -2.23. The van der Waals surface area contributed by atoms with Crippen LogP contribution >= 0.6 is 11.3 Å². The SMILES string of the molecule is CC[C@H]1CCc2c(sc(NC(=O)C3CCCC3)c2C(N)=O)C1. The van der Waals surface area contributed by atoms with Gasteiger partial charge in [0, 0.05) is 10.8 Å². The van der Waals surface area contributed by atoms with E-state index in [9.17, 15) is 9.59 Å². The molecule has 1 aromatic heterocycles. The highest BCUT2D eigenvalue weighted by molar-refractivity contribution is 7.17. The largest absolute Gasteiger partial charge is 0.365 e. The fourth-order valence-corrected chi connectivity index (χ4v) is 5.12. The molecule has 0 aliphatic heterocycles. The van der Waals surface area contributed by atoms with Crippen LogP contribution in [0.2, 0.25) is 0 Å². The summed E-state index contributed by atoms with van der Waals surface area (Å²) in [4.78, 5) is 25.5. The van der Waals surface area contributed by atoms with Crippen LogP contribution in [-0.4, -0.2) is 11.8 Å². The van der Waals surface area contributed by atoms with Crippen LogP contribution in [0.15, 0.2) is 0 Å². The smallest absolute Gasteiger partial charge is 0.251 e. The van der Waals surface area contributed by atoms with E-state index in [1.165, 1.54) is 4.88 Å². The van der Waals surface area contributed by atoms with Crippen molar-refractivity contribution in [3.05, 3.63) is 16.0 Å². The molecule has 0 aromatic carbocycles. The third kappa shape index (κ3) is 2.91. The molecule has 0 saturated heterocycles. The van der Waals surface area contributed by atoms with Crippen molar-refractivity contribution >= 4 is 28.2 Å². The Labute approximate surface area is 135 Å². The maximum atomic E-state index is 12.4. The van der Waals surface area contributed by atoms with Gasteiger partial charge < -0.3 is 11.1 Å². The molecule has 5 heteroatoms. The average Bonchev–Trinajstić information content (AvgIpc) is 3.13. The summed E-state index contributed by atoms with van der Waals surface area (Å²) in [5, 5.41) is 3.69. The summed E-state index contributed by atoms with van der Waals surface area (Å²) in [6.07, 6.45) is 8.35. The highest BCUT2D eigenvalue weighted by Gasteiger charge is 2.30. The summed E-state index contributed by atoms with van der Waals surface area (Å²) in [5.74, 6) is 0.438. The van der Waals surface area contributed by atoms with E-state index in [-0.39, 0.29) is 11.8 Å². The number of carbonyl (C=O) groups is 2. The van der Waals surface area contributed by atoms with E-state index < -0.39 is 5.91 Å². The Hall–Kier alpha value is -1.36.